The van der Waals surface area contributed by atoms with Gasteiger partial charge in [0.05, 0.1) is 38.8 Å². The van der Waals surface area contributed by atoms with Crippen molar-refractivity contribution in [3.8, 4) is 0 Å². The van der Waals surface area contributed by atoms with E-state index >= 15 is 0 Å². The van der Waals surface area contributed by atoms with Crippen molar-refractivity contribution in [2.24, 2.45) is 0 Å². The second-order valence-corrected chi connectivity index (χ2v) is 26.9. The monoisotopic (exact) mass is 1120 g/mol. The molecule has 0 aliphatic carbocycles. The highest BCUT2D eigenvalue weighted by atomic mass is 33.1. The Balaban J connectivity index is 5.81. The molecule has 10 N–H and O–H groups in total. The number of carbonyl (C=O) groups is 5. The van der Waals surface area contributed by atoms with E-state index in [4.69, 9.17) is 25.5 Å². The number of aliphatic hydroxyl groups excluding tert-OH is 5. The van der Waals surface area contributed by atoms with Crippen molar-refractivity contribution in [2.75, 3.05) is 182 Å². The van der Waals surface area contributed by atoms with Gasteiger partial charge in [-0.1, -0.05) is 108 Å². The summed E-state index contributed by atoms with van der Waals surface area (Å²) in [6.07, 6.45) is 1.45. The van der Waals surface area contributed by atoms with Crippen LogP contribution in [0.4, 0.5) is 0 Å². The number of carbonyl (C=O) groups excluding carboxylic acids is 5. The summed E-state index contributed by atoms with van der Waals surface area (Å²) >= 11 is 0. The SMILES string of the molecule is O=C(CCSSCCO)NCCN(CCNC(=O)CCSSCCO)CCN(CCNC(=O)CCSSCCO)CCN(CCNC(=O)CCSSCCO)CCNC(=O)CSSCCO. The molecule has 18 nitrogen and oxygen atoms in total. The number of nitrogens with one attached hydrogen (secondary N) is 5. The molecule has 0 bridgehead atoms. The van der Waals surface area contributed by atoms with Crippen LogP contribution in [-0.4, -0.2) is 252 Å². The molecule has 0 spiro atoms. The molecule has 388 valence electrons. The van der Waals surface area contributed by atoms with Gasteiger partial charge in [0.2, 0.25) is 29.5 Å². The summed E-state index contributed by atoms with van der Waals surface area (Å²) in [5.41, 5.74) is 0. The summed E-state index contributed by atoms with van der Waals surface area (Å²) in [6, 6.07) is 0. The minimum absolute atomic E-state index is 0.0494. The molecule has 0 fully saturated rings. The molecule has 0 radical (unpaired) electrons. The number of amides is 5. The van der Waals surface area contributed by atoms with Crippen molar-refractivity contribution < 1.29 is 49.5 Å². The maximum absolute atomic E-state index is 12.7. The number of aliphatic hydroxyl groups is 5. The van der Waals surface area contributed by atoms with Gasteiger partial charge in [-0.3, -0.25) is 38.7 Å². The third-order valence-corrected chi connectivity index (χ3v) is 20.1. The van der Waals surface area contributed by atoms with Gasteiger partial charge in [-0.05, 0) is 0 Å². The average molecular weight is 1130 g/mol. The summed E-state index contributed by atoms with van der Waals surface area (Å²) in [5.74, 6) is 5.49. The van der Waals surface area contributed by atoms with Crippen LogP contribution in [0.15, 0.2) is 0 Å². The van der Waals surface area contributed by atoms with Crippen LogP contribution in [0.1, 0.15) is 25.7 Å². The minimum atomic E-state index is -0.0997. The van der Waals surface area contributed by atoms with Gasteiger partial charge in [-0.25, -0.2) is 0 Å². The van der Waals surface area contributed by atoms with E-state index in [1.54, 1.807) is 43.2 Å². The molecule has 66 heavy (non-hydrogen) atoms. The van der Waals surface area contributed by atoms with Crippen molar-refractivity contribution in [1.29, 1.82) is 0 Å². The van der Waals surface area contributed by atoms with Crippen LogP contribution >= 0.6 is 108 Å². The van der Waals surface area contributed by atoms with Crippen molar-refractivity contribution in [2.45, 2.75) is 25.7 Å². The standard InChI is InChI=1S/C38H76N8O10S10/c47-19-28-61-57-24-1-34(52)39-5-10-44(11-6-40-35(53)2-25-58-62-29-20-48)15-17-46(14-8-42-37(55)4-27-60-64-31-22-50)18-16-45(13-9-43-38(56)33-66-65-32-23-51)12-7-41-36(54)3-26-59-63-30-21-49/h47-51H,1-33H2,(H,39,52)(H,40,53)(H,41,54)(H,42,55)(H,43,56). The summed E-state index contributed by atoms with van der Waals surface area (Å²) in [7, 11) is 15.2. The van der Waals surface area contributed by atoms with Gasteiger partial charge < -0.3 is 52.1 Å². The molecule has 0 aromatic heterocycles. The van der Waals surface area contributed by atoms with Crippen molar-refractivity contribution in [3.05, 3.63) is 0 Å². The fourth-order valence-electron chi connectivity index (χ4n) is 5.09. The van der Waals surface area contributed by atoms with Crippen LogP contribution < -0.4 is 26.6 Å². The molecule has 0 aromatic rings. The van der Waals surface area contributed by atoms with Crippen LogP contribution in [0.5, 0.6) is 0 Å². The van der Waals surface area contributed by atoms with Crippen molar-refractivity contribution in [3.63, 3.8) is 0 Å². The molecule has 0 atom stereocenters. The number of hydrogen-bond donors (Lipinski definition) is 10. The van der Waals surface area contributed by atoms with Crippen LogP contribution in [0.25, 0.3) is 0 Å². The van der Waals surface area contributed by atoms with Gasteiger partial charge in [0, 0.05) is 169 Å². The van der Waals surface area contributed by atoms with Gasteiger partial charge in [0.1, 0.15) is 0 Å². The summed E-state index contributed by atoms with van der Waals surface area (Å²) in [5, 5.41) is 60.1. The fraction of sp³-hybridized carbons (Fsp3) is 0.868. The van der Waals surface area contributed by atoms with E-state index in [-0.39, 0.29) is 68.3 Å². The molecule has 0 rings (SSSR count). The number of rotatable bonds is 50. The Morgan fingerprint density at radius 2 is 0.500 bits per heavy atom. The molecule has 0 aliphatic rings. The maximum atomic E-state index is 12.7. The molecule has 0 saturated carbocycles. The van der Waals surface area contributed by atoms with E-state index in [1.807, 2.05) is 0 Å². The Kier molecular flexibility index (Phi) is 52.3. The highest BCUT2D eigenvalue weighted by Crippen LogP contribution is 2.23. The van der Waals surface area contributed by atoms with Gasteiger partial charge in [0.15, 0.2) is 0 Å². The molecule has 28 heteroatoms. The summed E-state index contributed by atoms with van der Waals surface area (Å²) in [4.78, 5) is 69.7. The number of nitrogens with zero attached hydrogens (tertiary/aromatic N) is 3. The average Bonchev–Trinajstić information content (AvgIpc) is 3.30. The Morgan fingerprint density at radius 3 is 0.758 bits per heavy atom. The van der Waals surface area contributed by atoms with Crippen molar-refractivity contribution in [1.82, 2.24) is 41.3 Å². The van der Waals surface area contributed by atoms with E-state index in [2.05, 4.69) is 41.3 Å². The van der Waals surface area contributed by atoms with Gasteiger partial charge >= 0.3 is 0 Å². The third kappa shape index (κ3) is 46.9. The Bertz CT molecular complexity index is 1180. The Morgan fingerprint density at radius 1 is 0.288 bits per heavy atom. The zero-order chi connectivity index (χ0) is 48.6. The highest BCUT2D eigenvalue weighted by Gasteiger charge is 2.15. The maximum Gasteiger partial charge on any atom is 0.230 e. The third-order valence-electron chi connectivity index (χ3n) is 8.35. The smallest absolute Gasteiger partial charge is 0.230 e. The van der Waals surface area contributed by atoms with Crippen LogP contribution in [0.3, 0.4) is 0 Å². The second-order valence-electron chi connectivity index (χ2n) is 13.6. The second kappa shape index (κ2) is 51.9. The largest absolute Gasteiger partial charge is 0.395 e. The lowest BCUT2D eigenvalue weighted by Crippen LogP contribution is -2.47. The van der Waals surface area contributed by atoms with Crippen molar-refractivity contribution >= 4 is 137 Å². The van der Waals surface area contributed by atoms with E-state index < -0.39 is 0 Å². The normalized spacial score (nSPS) is 11.4. The Hall–Kier alpha value is 0.530. The fourth-order valence-corrected chi connectivity index (χ4v) is 13.8. The molecule has 0 unspecified atom stereocenters. The van der Waals surface area contributed by atoms with E-state index in [1.165, 1.54) is 64.8 Å². The van der Waals surface area contributed by atoms with Crippen LogP contribution in [-0.2, 0) is 24.0 Å². The lowest BCUT2D eigenvalue weighted by Gasteiger charge is -2.30. The molecule has 0 heterocycles. The summed E-state index contributed by atoms with van der Waals surface area (Å²) < 4.78 is 0. The van der Waals surface area contributed by atoms with Gasteiger partial charge in [-0.15, -0.1) is 0 Å². The quantitative estimate of drug-likeness (QED) is 0.0300. The van der Waals surface area contributed by atoms with Crippen LogP contribution in [0, 0.1) is 0 Å². The topological polar surface area (TPSA) is 256 Å². The van der Waals surface area contributed by atoms with Crippen LogP contribution in [0.2, 0.25) is 0 Å². The molecule has 0 saturated heterocycles. The van der Waals surface area contributed by atoms with Gasteiger partial charge in [-0.2, -0.15) is 0 Å². The van der Waals surface area contributed by atoms with E-state index in [0.29, 0.717) is 169 Å². The molecule has 0 aliphatic heterocycles. The van der Waals surface area contributed by atoms with Gasteiger partial charge in [0.25, 0.3) is 0 Å². The first-order chi connectivity index (χ1) is 32.2. The zero-order valence-electron chi connectivity index (χ0n) is 38.0. The molecule has 0 aromatic carbocycles. The Labute approximate surface area is 432 Å². The predicted molar refractivity (Wildman–Crippen MR) is 293 cm³/mol. The molecular formula is C38H76N8O10S10. The first-order valence-corrected chi connectivity index (χ1v) is 34.4. The minimum Gasteiger partial charge on any atom is -0.395 e. The highest BCUT2D eigenvalue weighted by molar-refractivity contribution is 8.77. The molecule has 5 amide bonds. The first-order valence-electron chi connectivity index (χ1n) is 22.0. The van der Waals surface area contributed by atoms with E-state index in [9.17, 15) is 24.0 Å². The lowest BCUT2D eigenvalue weighted by atomic mass is 10.3. The number of hydrogen-bond acceptors (Lipinski definition) is 23. The zero-order valence-corrected chi connectivity index (χ0v) is 46.2. The predicted octanol–water partition coefficient (Wildman–Crippen LogP) is 0.902. The van der Waals surface area contributed by atoms with E-state index in [0.717, 1.165) is 0 Å². The first kappa shape index (κ1) is 66.5. The molecular weight excluding hydrogens is 1050 g/mol. The lowest BCUT2D eigenvalue weighted by molar-refractivity contribution is -0.121. The summed E-state index contributed by atoms with van der Waals surface area (Å²) in [6.45, 7) is 7.78.